The number of hydrogen-bond acceptors (Lipinski definition) is 1. The summed E-state index contributed by atoms with van der Waals surface area (Å²) in [6.45, 7) is 0. The van der Waals surface area contributed by atoms with Crippen molar-refractivity contribution < 1.29 is 26.8 Å². The number of phenolic OH excluding ortho intramolecular Hbond substituents is 1. The number of aromatic hydroxyl groups is 1. The van der Waals surface area contributed by atoms with Crippen molar-refractivity contribution in [3.05, 3.63) is 66.7 Å². The molecule has 0 aromatic heterocycles. The number of phenols is 1. The van der Waals surface area contributed by atoms with E-state index in [2.05, 4.69) is 6.07 Å². The van der Waals surface area contributed by atoms with Crippen molar-refractivity contribution in [2.45, 2.75) is 0 Å². The summed E-state index contributed by atoms with van der Waals surface area (Å²) in [6, 6.07) is 21.8. The molecule has 0 aliphatic carbocycles. The quantitative estimate of drug-likeness (QED) is 0.655. The van der Waals surface area contributed by atoms with Gasteiger partial charge in [0.15, 0.2) is 0 Å². The van der Waals surface area contributed by atoms with Crippen molar-refractivity contribution in [1.82, 2.24) is 0 Å². The van der Waals surface area contributed by atoms with Crippen LogP contribution < -0.4 is 0 Å². The molecular weight excluding hydrogens is 256 g/mol. The maximum atomic E-state index is 10.1. The molecule has 0 bridgehead atoms. The van der Waals surface area contributed by atoms with Gasteiger partial charge in [0.2, 0.25) is 0 Å². The number of rotatable bonds is 1. The van der Waals surface area contributed by atoms with Gasteiger partial charge in [-0.05, 0) is 22.4 Å². The number of fused-ring (bicyclic) bond motifs is 1. The first-order valence-corrected chi connectivity index (χ1v) is 5.62. The zero-order chi connectivity index (χ0) is 11.7. The van der Waals surface area contributed by atoms with E-state index in [4.69, 9.17) is 0 Å². The number of benzene rings is 3. The molecule has 0 unspecified atom stereocenters. The predicted octanol–water partition coefficient (Wildman–Crippen LogP) is 4.21. The molecule has 0 amide bonds. The minimum atomic E-state index is 0. The van der Waals surface area contributed by atoms with Gasteiger partial charge in [0.25, 0.3) is 0 Å². The van der Waals surface area contributed by atoms with Crippen LogP contribution in [0.25, 0.3) is 21.9 Å². The molecule has 0 radical (unpaired) electrons. The molecule has 0 saturated heterocycles. The van der Waals surface area contributed by atoms with Crippen molar-refractivity contribution in [3.8, 4) is 16.9 Å². The predicted molar refractivity (Wildman–Crippen MR) is 71.0 cm³/mol. The molecule has 1 N–H and O–H groups in total. The second kappa shape index (κ2) is 5.39. The molecule has 1 nitrogen and oxygen atoms in total. The van der Waals surface area contributed by atoms with Gasteiger partial charge in [0.05, 0.1) is 0 Å². The standard InChI is InChI=1S/C16H12O.Ti/c17-15-11-10-12-6-4-5-9-14(12)16(15)13-7-2-1-3-8-13;/h1-11,17H;. The summed E-state index contributed by atoms with van der Waals surface area (Å²) in [5.74, 6) is 0.329. The van der Waals surface area contributed by atoms with E-state index in [1.807, 2.05) is 54.6 Å². The second-order valence-electron chi connectivity index (χ2n) is 4.05. The third-order valence-electron chi connectivity index (χ3n) is 2.97. The van der Waals surface area contributed by atoms with E-state index >= 15 is 0 Å². The van der Waals surface area contributed by atoms with Crippen LogP contribution in [-0.2, 0) is 21.7 Å². The van der Waals surface area contributed by atoms with Gasteiger partial charge >= 0.3 is 0 Å². The fraction of sp³-hybridized carbons (Fsp3) is 0. The smallest absolute Gasteiger partial charge is 0.124 e. The molecule has 18 heavy (non-hydrogen) atoms. The van der Waals surface area contributed by atoms with E-state index in [1.54, 1.807) is 6.07 Å². The Balaban J connectivity index is 0.00000120. The van der Waals surface area contributed by atoms with Crippen molar-refractivity contribution in [1.29, 1.82) is 0 Å². The molecule has 0 fully saturated rings. The molecule has 86 valence electrons. The molecular formula is C16H12OTi. The van der Waals surface area contributed by atoms with Gasteiger partial charge in [0.1, 0.15) is 5.75 Å². The first-order chi connectivity index (χ1) is 8.36. The first-order valence-electron chi connectivity index (χ1n) is 5.62. The molecule has 0 saturated carbocycles. The average Bonchev–Trinajstić information content (AvgIpc) is 2.39. The summed E-state index contributed by atoms with van der Waals surface area (Å²) >= 11 is 0. The Labute approximate surface area is 121 Å². The monoisotopic (exact) mass is 268 g/mol. The summed E-state index contributed by atoms with van der Waals surface area (Å²) in [6.07, 6.45) is 0. The van der Waals surface area contributed by atoms with Gasteiger partial charge in [-0.25, -0.2) is 0 Å². The van der Waals surface area contributed by atoms with E-state index in [0.717, 1.165) is 21.9 Å². The summed E-state index contributed by atoms with van der Waals surface area (Å²) in [5, 5.41) is 12.3. The zero-order valence-corrected chi connectivity index (χ0v) is 11.4. The van der Waals surface area contributed by atoms with Crippen LogP contribution in [0, 0.1) is 0 Å². The Hall–Kier alpha value is -1.57. The third kappa shape index (κ3) is 2.20. The van der Waals surface area contributed by atoms with Gasteiger partial charge < -0.3 is 5.11 Å². The molecule has 0 heterocycles. The SMILES string of the molecule is Oc1ccc2ccccc2c1-c1ccccc1.[Ti]. The van der Waals surface area contributed by atoms with Gasteiger partial charge in [0, 0.05) is 27.3 Å². The van der Waals surface area contributed by atoms with Crippen molar-refractivity contribution >= 4 is 10.8 Å². The number of hydrogen-bond donors (Lipinski definition) is 1. The minimum Gasteiger partial charge on any atom is -0.507 e. The van der Waals surface area contributed by atoms with Crippen LogP contribution in [-0.4, -0.2) is 5.11 Å². The minimum absolute atomic E-state index is 0. The second-order valence-corrected chi connectivity index (χ2v) is 4.05. The van der Waals surface area contributed by atoms with E-state index < -0.39 is 0 Å². The van der Waals surface area contributed by atoms with Crippen LogP contribution >= 0.6 is 0 Å². The Morgan fingerprint density at radius 2 is 1.33 bits per heavy atom. The summed E-state index contributed by atoms with van der Waals surface area (Å²) in [7, 11) is 0. The summed E-state index contributed by atoms with van der Waals surface area (Å²) in [5.41, 5.74) is 1.95. The third-order valence-corrected chi connectivity index (χ3v) is 2.97. The van der Waals surface area contributed by atoms with Crippen LogP contribution in [0.3, 0.4) is 0 Å². The van der Waals surface area contributed by atoms with E-state index in [0.29, 0.717) is 5.75 Å². The molecule has 2 heteroatoms. The van der Waals surface area contributed by atoms with Crippen LogP contribution in [0.1, 0.15) is 0 Å². The fourth-order valence-electron chi connectivity index (χ4n) is 2.17. The molecule has 0 aliphatic heterocycles. The topological polar surface area (TPSA) is 20.2 Å². The normalized spacial score (nSPS) is 10.0. The molecule has 0 spiro atoms. The zero-order valence-electron chi connectivity index (χ0n) is 9.80. The molecule has 0 atom stereocenters. The molecule has 3 aromatic rings. The average molecular weight is 268 g/mol. The van der Waals surface area contributed by atoms with Crippen LogP contribution in [0.4, 0.5) is 0 Å². The van der Waals surface area contributed by atoms with E-state index in [-0.39, 0.29) is 21.7 Å². The molecule has 3 rings (SSSR count). The van der Waals surface area contributed by atoms with Crippen molar-refractivity contribution in [2.75, 3.05) is 0 Å². The van der Waals surface area contributed by atoms with Gasteiger partial charge in [-0.2, -0.15) is 0 Å². The molecule has 3 aromatic carbocycles. The van der Waals surface area contributed by atoms with E-state index in [1.165, 1.54) is 0 Å². The molecule has 0 aliphatic rings. The Kier molecular flexibility index (Phi) is 3.85. The summed E-state index contributed by atoms with van der Waals surface area (Å²) < 4.78 is 0. The largest absolute Gasteiger partial charge is 0.507 e. The Morgan fingerprint density at radius 1 is 0.667 bits per heavy atom. The van der Waals surface area contributed by atoms with Crippen molar-refractivity contribution in [3.63, 3.8) is 0 Å². The van der Waals surface area contributed by atoms with Gasteiger partial charge in [-0.3, -0.25) is 0 Å². The van der Waals surface area contributed by atoms with Crippen LogP contribution in [0.2, 0.25) is 0 Å². The van der Waals surface area contributed by atoms with Gasteiger partial charge in [-0.1, -0.05) is 60.7 Å². The Bertz CT molecular complexity index is 662. The Morgan fingerprint density at radius 3 is 2.11 bits per heavy atom. The maximum Gasteiger partial charge on any atom is 0.124 e. The van der Waals surface area contributed by atoms with Crippen LogP contribution in [0.5, 0.6) is 5.75 Å². The maximum absolute atomic E-state index is 10.1. The van der Waals surface area contributed by atoms with Crippen LogP contribution in [0.15, 0.2) is 66.7 Å². The van der Waals surface area contributed by atoms with E-state index in [9.17, 15) is 5.11 Å². The summed E-state index contributed by atoms with van der Waals surface area (Å²) in [4.78, 5) is 0. The van der Waals surface area contributed by atoms with Crippen molar-refractivity contribution in [2.24, 2.45) is 0 Å². The fourth-order valence-corrected chi connectivity index (χ4v) is 2.17. The van der Waals surface area contributed by atoms with Gasteiger partial charge in [-0.15, -0.1) is 0 Å². The first kappa shape index (κ1) is 12.9.